The molecule has 0 saturated carbocycles. The number of hydrogen-bond donors (Lipinski definition) is 0. The summed E-state index contributed by atoms with van der Waals surface area (Å²) in [6, 6.07) is 1.53. The first-order valence-corrected chi connectivity index (χ1v) is 5.29. The lowest BCUT2D eigenvalue weighted by atomic mass is 10.2. The third-order valence-electron chi connectivity index (χ3n) is 1.57. The lowest BCUT2D eigenvalue weighted by Gasteiger charge is -2.10. The molecule has 0 amide bonds. The van der Waals surface area contributed by atoms with E-state index in [0.717, 1.165) is 0 Å². The third kappa shape index (κ3) is 2.44. The average molecular weight is 334 g/mol. The van der Waals surface area contributed by atoms with E-state index in [1.807, 2.05) is 22.6 Å². The average Bonchev–Trinajstić information content (AvgIpc) is 2.15. The Labute approximate surface area is 98.8 Å². The van der Waals surface area contributed by atoms with Crippen LogP contribution in [0, 0.1) is 3.57 Å². The zero-order valence-electron chi connectivity index (χ0n) is 7.23. The number of ether oxygens (including phenoxy) is 1. The van der Waals surface area contributed by atoms with Crippen LogP contribution in [0.5, 0.6) is 5.88 Å². The molecule has 1 heterocycles. The number of methoxy groups -OCH3 is 1. The van der Waals surface area contributed by atoms with E-state index in [-0.39, 0.29) is 17.3 Å². The summed E-state index contributed by atoms with van der Waals surface area (Å²) in [7, 11) is 1.31. The van der Waals surface area contributed by atoms with E-state index in [4.69, 9.17) is 16.3 Å². The van der Waals surface area contributed by atoms with Gasteiger partial charge in [-0.25, -0.2) is 13.8 Å². The largest absolute Gasteiger partial charge is 0.481 e. The number of hydrogen-bond acceptors (Lipinski definition) is 2. The van der Waals surface area contributed by atoms with Crippen LogP contribution in [0.1, 0.15) is 17.7 Å². The Hall–Kier alpha value is -0.170. The van der Waals surface area contributed by atoms with E-state index >= 15 is 0 Å². The molecule has 2 nitrogen and oxygen atoms in total. The number of halogens is 4. The van der Waals surface area contributed by atoms with Crippen molar-refractivity contribution < 1.29 is 13.5 Å². The second kappa shape index (κ2) is 5.06. The van der Waals surface area contributed by atoms with Crippen molar-refractivity contribution in [2.24, 2.45) is 0 Å². The molecule has 0 bridgehead atoms. The van der Waals surface area contributed by atoms with E-state index in [1.165, 1.54) is 13.2 Å². The lowest BCUT2D eigenvalue weighted by Crippen LogP contribution is -2.01. The summed E-state index contributed by atoms with van der Waals surface area (Å²) in [4.78, 5) is 3.85. The van der Waals surface area contributed by atoms with Gasteiger partial charge >= 0.3 is 0 Å². The molecule has 1 aromatic rings. The minimum Gasteiger partial charge on any atom is -0.481 e. The van der Waals surface area contributed by atoms with Crippen molar-refractivity contribution in [3.05, 3.63) is 20.9 Å². The molecule has 1 aromatic heterocycles. The maximum Gasteiger partial charge on any atom is 0.270 e. The van der Waals surface area contributed by atoms with Crippen LogP contribution in [0.3, 0.4) is 0 Å². The van der Waals surface area contributed by atoms with Gasteiger partial charge in [0.2, 0.25) is 5.88 Å². The fourth-order valence-electron chi connectivity index (χ4n) is 0.971. The predicted molar refractivity (Wildman–Crippen MR) is 58.0 cm³/mol. The Balaban J connectivity index is 3.27. The maximum atomic E-state index is 12.6. The highest BCUT2D eigenvalue weighted by Gasteiger charge is 2.19. The number of aromatic nitrogens is 1. The van der Waals surface area contributed by atoms with Crippen LogP contribution in [0.2, 0.25) is 0 Å². The Kier molecular flexibility index (Phi) is 4.31. The van der Waals surface area contributed by atoms with Crippen LogP contribution >= 0.6 is 34.2 Å². The van der Waals surface area contributed by atoms with Gasteiger partial charge in [0.05, 0.1) is 24.2 Å². The van der Waals surface area contributed by atoms with Crippen molar-refractivity contribution in [3.63, 3.8) is 0 Å². The van der Waals surface area contributed by atoms with Gasteiger partial charge in [0.25, 0.3) is 6.43 Å². The fraction of sp³-hybridized carbons (Fsp3) is 0.375. The van der Waals surface area contributed by atoms with Gasteiger partial charge in [-0.3, -0.25) is 0 Å². The minimum absolute atomic E-state index is 0.0532. The molecule has 0 aliphatic rings. The van der Waals surface area contributed by atoms with E-state index in [2.05, 4.69) is 4.98 Å². The van der Waals surface area contributed by atoms with Gasteiger partial charge in [-0.1, -0.05) is 0 Å². The van der Waals surface area contributed by atoms with Crippen molar-refractivity contribution in [1.82, 2.24) is 4.98 Å². The summed E-state index contributed by atoms with van der Waals surface area (Å²) in [5.74, 6) is 0.123. The van der Waals surface area contributed by atoms with Crippen LogP contribution < -0.4 is 4.74 Å². The Morgan fingerprint density at radius 2 is 2.29 bits per heavy atom. The summed E-state index contributed by atoms with van der Waals surface area (Å²) in [5, 5.41) is 0. The van der Waals surface area contributed by atoms with E-state index in [9.17, 15) is 8.78 Å². The third-order valence-corrected chi connectivity index (χ3v) is 2.74. The summed E-state index contributed by atoms with van der Waals surface area (Å²) in [5.41, 5.74) is 0.347. The van der Waals surface area contributed by atoms with Crippen molar-refractivity contribution in [2.45, 2.75) is 12.3 Å². The van der Waals surface area contributed by atoms with Gasteiger partial charge in [0.1, 0.15) is 0 Å². The van der Waals surface area contributed by atoms with Crippen molar-refractivity contribution in [2.75, 3.05) is 7.11 Å². The molecule has 0 aromatic carbocycles. The first kappa shape index (κ1) is 11.9. The van der Waals surface area contributed by atoms with E-state index in [1.54, 1.807) is 0 Å². The summed E-state index contributed by atoms with van der Waals surface area (Å²) in [6.45, 7) is 0. The second-order valence-corrected chi connectivity index (χ2v) is 3.88. The molecule has 78 valence electrons. The van der Waals surface area contributed by atoms with Crippen LogP contribution in [0.15, 0.2) is 6.07 Å². The Bertz CT molecular complexity index is 335. The van der Waals surface area contributed by atoms with Gasteiger partial charge in [-0.05, 0) is 28.7 Å². The molecular formula is C8H7ClF2INO. The monoisotopic (exact) mass is 333 g/mol. The lowest BCUT2D eigenvalue weighted by molar-refractivity contribution is 0.145. The van der Waals surface area contributed by atoms with Gasteiger partial charge < -0.3 is 4.74 Å². The predicted octanol–water partition coefficient (Wildman–Crippen LogP) is 3.37. The molecule has 0 radical (unpaired) electrons. The van der Waals surface area contributed by atoms with Crippen LogP contribution in [-0.2, 0) is 5.88 Å². The maximum absolute atomic E-state index is 12.6. The fourth-order valence-corrected chi connectivity index (χ4v) is 1.93. The summed E-state index contributed by atoms with van der Waals surface area (Å²) in [6.07, 6.45) is -2.59. The highest BCUT2D eigenvalue weighted by molar-refractivity contribution is 14.1. The zero-order chi connectivity index (χ0) is 10.7. The molecule has 0 N–H and O–H groups in total. The Morgan fingerprint density at radius 3 is 2.71 bits per heavy atom. The zero-order valence-corrected chi connectivity index (χ0v) is 10.1. The van der Waals surface area contributed by atoms with Crippen LogP contribution in [0.4, 0.5) is 8.78 Å². The summed E-state index contributed by atoms with van der Waals surface area (Å²) < 4.78 is 30.3. The molecule has 0 saturated heterocycles. The molecule has 0 aliphatic heterocycles. The molecule has 0 spiro atoms. The van der Waals surface area contributed by atoms with Gasteiger partial charge in [-0.2, -0.15) is 0 Å². The van der Waals surface area contributed by atoms with Crippen molar-refractivity contribution >= 4 is 34.2 Å². The van der Waals surface area contributed by atoms with Crippen LogP contribution in [-0.4, -0.2) is 12.1 Å². The molecule has 0 fully saturated rings. The molecule has 1 rings (SSSR count). The van der Waals surface area contributed by atoms with E-state index < -0.39 is 6.43 Å². The summed E-state index contributed by atoms with van der Waals surface area (Å²) >= 11 is 7.37. The van der Waals surface area contributed by atoms with E-state index in [0.29, 0.717) is 9.26 Å². The van der Waals surface area contributed by atoms with Gasteiger partial charge in [0, 0.05) is 3.57 Å². The number of rotatable bonds is 3. The number of alkyl halides is 3. The van der Waals surface area contributed by atoms with Crippen molar-refractivity contribution in [3.8, 4) is 5.88 Å². The van der Waals surface area contributed by atoms with Gasteiger partial charge in [-0.15, -0.1) is 11.6 Å². The number of pyridine rings is 1. The number of nitrogens with zero attached hydrogens (tertiary/aromatic N) is 1. The first-order valence-electron chi connectivity index (χ1n) is 3.67. The molecule has 14 heavy (non-hydrogen) atoms. The quantitative estimate of drug-likeness (QED) is 0.625. The molecule has 0 unspecified atom stereocenters. The van der Waals surface area contributed by atoms with Crippen LogP contribution in [0.25, 0.3) is 0 Å². The van der Waals surface area contributed by atoms with Crippen molar-refractivity contribution in [1.29, 1.82) is 0 Å². The molecule has 0 atom stereocenters. The molecule has 0 aliphatic carbocycles. The normalized spacial score (nSPS) is 10.7. The topological polar surface area (TPSA) is 22.1 Å². The molecular weight excluding hydrogens is 326 g/mol. The standard InChI is InChI=1S/C8H7ClF2INO/c1-14-8-6(7(10)11)5(12)2-4(3-9)13-8/h2,7H,3H2,1H3. The highest BCUT2D eigenvalue weighted by Crippen LogP contribution is 2.32. The smallest absolute Gasteiger partial charge is 0.270 e. The highest BCUT2D eigenvalue weighted by atomic mass is 127. The van der Waals surface area contributed by atoms with Gasteiger partial charge in [0.15, 0.2) is 0 Å². The Morgan fingerprint density at radius 1 is 1.64 bits per heavy atom. The SMILES string of the molecule is COc1nc(CCl)cc(I)c1C(F)F. The minimum atomic E-state index is -2.59. The second-order valence-electron chi connectivity index (χ2n) is 2.45. The molecule has 6 heteroatoms. The first-order chi connectivity index (χ1) is 6.60.